The van der Waals surface area contributed by atoms with Gasteiger partial charge >= 0.3 is 0 Å². The molecular weight excluding hydrogens is 318 g/mol. The number of aromatic nitrogens is 4. The molecule has 0 aliphatic rings. The van der Waals surface area contributed by atoms with E-state index in [9.17, 15) is 9.59 Å². The van der Waals surface area contributed by atoms with Gasteiger partial charge in [0.1, 0.15) is 0 Å². The van der Waals surface area contributed by atoms with Crippen molar-refractivity contribution in [2.75, 3.05) is 0 Å². The molecule has 23 heavy (non-hydrogen) atoms. The summed E-state index contributed by atoms with van der Waals surface area (Å²) in [7, 11) is 0. The second-order valence-electron chi connectivity index (χ2n) is 4.86. The first-order chi connectivity index (χ1) is 11.1. The molecule has 0 aliphatic heterocycles. The van der Waals surface area contributed by atoms with E-state index in [0.717, 1.165) is 5.56 Å². The quantitative estimate of drug-likeness (QED) is 0.701. The van der Waals surface area contributed by atoms with Crippen LogP contribution in [-0.2, 0) is 17.8 Å². The van der Waals surface area contributed by atoms with Crippen molar-refractivity contribution < 1.29 is 4.79 Å². The fourth-order valence-electron chi connectivity index (χ4n) is 2.15. The van der Waals surface area contributed by atoms with Gasteiger partial charge in [-0.1, -0.05) is 18.2 Å². The van der Waals surface area contributed by atoms with Gasteiger partial charge in [0.15, 0.2) is 0 Å². The Hall–Kier alpha value is -2.80. The molecule has 0 spiro atoms. The Bertz CT molecular complexity index is 908. The van der Waals surface area contributed by atoms with Gasteiger partial charge in [-0.25, -0.2) is 15.1 Å². The lowest BCUT2D eigenvalue weighted by molar-refractivity contribution is -0.120. The van der Waals surface area contributed by atoms with E-state index in [1.807, 2.05) is 0 Å². The standard InChI is InChI=1S/C15H12ClN5O2/c16-15-18-7-9(8-19-15)6-17-13(22)5-12-10-3-1-2-4-11(10)14(23)21-20-12/h1-4,7-8H,5-6H2,(H,17,22)(H,21,23). The van der Waals surface area contributed by atoms with Crippen LogP contribution in [0.15, 0.2) is 41.5 Å². The van der Waals surface area contributed by atoms with Crippen molar-refractivity contribution >= 4 is 28.3 Å². The highest BCUT2D eigenvalue weighted by Gasteiger charge is 2.10. The van der Waals surface area contributed by atoms with Gasteiger partial charge in [-0.3, -0.25) is 9.59 Å². The first kappa shape index (κ1) is 15.1. The van der Waals surface area contributed by atoms with Crippen LogP contribution in [0.25, 0.3) is 10.8 Å². The molecule has 3 rings (SSSR count). The Morgan fingerprint density at radius 2 is 1.87 bits per heavy atom. The number of benzene rings is 1. The summed E-state index contributed by atoms with van der Waals surface area (Å²) in [5, 5.41) is 10.5. The van der Waals surface area contributed by atoms with Crippen molar-refractivity contribution in [2.24, 2.45) is 0 Å². The van der Waals surface area contributed by atoms with E-state index >= 15 is 0 Å². The minimum Gasteiger partial charge on any atom is -0.352 e. The minimum absolute atomic E-state index is 0.0613. The second kappa shape index (κ2) is 6.53. The Labute approximate surface area is 135 Å². The molecule has 0 saturated carbocycles. The third kappa shape index (κ3) is 3.51. The Morgan fingerprint density at radius 1 is 1.17 bits per heavy atom. The highest BCUT2D eigenvalue weighted by molar-refractivity contribution is 6.28. The van der Waals surface area contributed by atoms with Gasteiger partial charge in [-0.2, -0.15) is 5.10 Å². The minimum atomic E-state index is -0.275. The summed E-state index contributed by atoms with van der Waals surface area (Å²) in [5.74, 6) is -0.218. The topological polar surface area (TPSA) is 101 Å². The van der Waals surface area contributed by atoms with E-state index in [4.69, 9.17) is 11.6 Å². The monoisotopic (exact) mass is 329 g/mol. The van der Waals surface area contributed by atoms with Crippen molar-refractivity contribution in [1.29, 1.82) is 0 Å². The molecule has 2 N–H and O–H groups in total. The SMILES string of the molecule is O=C(Cc1n[nH]c(=O)c2ccccc12)NCc1cnc(Cl)nc1. The molecule has 0 bridgehead atoms. The number of amides is 1. The normalized spacial score (nSPS) is 10.7. The number of nitrogens with one attached hydrogen (secondary N) is 2. The molecular formula is C15H12ClN5O2. The summed E-state index contributed by atoms with van der Waals surface area (Å²) in [5.41, 5.74) is 0.982. The molecule has 2 heterocycles. The zero-order valence-corrected chi connectivity index (χ0v) is 12.7. The summed E-state index contributed by atoms with van der Waals surface area (Å²) in [6.07, 6.45) is 3.15. The van der Waals surface area contributed by atoms with Crippen molar-refractivity contribution in [3.05, 3.63) is 63.6 Å². The molecule has 2 aromatic heterocycles. The predicted molar refractivity (Wildman–Crippen MR) is 85.0 cm³/mol. The number of nitrogens with zero attached hydrogens (tertiary/aromatic N) is 3. The molecule has 0 atom stereocenters. The molecule has 1 aromatic carbocycles. The van der Waals surface area contributed by atoms with Crippen LogP contribution in [0.1, 0.15) is 11.3 Å². The maximum Gasteiger partial charge on any atom is 0.272 e. The van der Waals surface area contributed by atoms with Crippen LogP contribution in [-0.4, -0.2) is 26.1 Å². The van der Waals surface area contributed by atoms with Crippen LogP contribution in [0.4, 0.5) is 0 Å². The number of halogens is 1. The molecule has 0 aliphatic carbocycles. The van der Waals surface area contributed by atoms with Crippen molar-refractivity contribution in [2.45, 2.75) is 13.0 Å². The summed E-state index contributed by atoms with van der Waals surface area (Å²) in [6, 6.07) is 7.04. The average molecular weight is 330 g/mol. The number of H-pyrrole nitrogens is 1. The average Bonchev–Trinajstić information content (AvgIpc) is 2.57. The number of carbonyl (C=O) groups excluding carboxylic acids is 1. The van der Waals surface area contributed by atoms with E-state index in [-0.39, 0.29) is 29.7 Å². The lowest BCUT2D eigenvalue weighted by atomic mass is 10.1. The molecule has 0 fully saturated rings. The predicted octanol–water partition coefficient (Wildman–Crippen LogP) is 1.23. The smallest absolute Gasteiger partial charge is 0.272 e. The molecule has 1 amide bonds. The van der Waals surface area contributed by atoms with Gasteiger partial charge in [0.2, 0.25) is 11.2 Å². The van der Waals surface area contributed by atoms with Gasteiger partial charge in [-0.05, 0) is 17.7 Å². The van der Waals surface area contributed by atoms with Crippen molar-refractivity contribution in [1.82, 2.24) is 25.5 Å². The van der Waals surface area contributed by atoms with Gasteiger partial charge in [0.25, 0.3) is 5.56 Å². The highest BCUT2D eigenvalue weighted by Crippen LogP contribution is 2.12. The van der Waals surface area contributed by atoms with Gasteiger partial charge in [0, 0.05) is 29.9 Å². The Kier molecular flexibility index (Phi) is 4.29. The highest BCUT2D eigenvalue weighted by atomic mass is 35.5. The van der Waals surface area contributed by atoms with Crippen LogP contribution in [0.5, 0.6) is 0 Å². The molecule has 0 saturated heterocycles. The number of rotatable bonds is 4. The number of fused-ring (bicyclic) bond motifs is 1. The largest absolute Gasteiger partial charge is 0.352 e. The van der Waals surface area contributed by atoms with Crippen LogP contribution in [0, 0.1) is 0 Å². The third-order valence-electron chi connectivity index (χ3n) is 3.27. The number of carbonyl (C=O) groups is 1. The number of hydrogen-bond acceptors (Lipinski definition) is 5. The lowest BCUT2D eigenvalue weighted by Gasteiger charge is -2.06. The van der Waals surface area contributed by atoms with Gasteiger partial charge in [0.05, 0.1) is 17.5 Å². The molecule has 3 aromatic rings. The summed E-state index contributed by atoms with van der Waals surface area (Å²) in [6.45, 7) is 0.289. The summed E-state index contributed by atoms with van der Waals surface area (Å²) < 4.78 is 0. The second-order valence-corrected chi connectivity index (χ2v) is 5.20. The van der Waals surface area contributed by atoms with Crippen LogP contribution < -0.4 is 10.9 Å². The van der Waals surface area contributed by atoms with E-state index in [2.05, 4.69) is 25.5 Å². The maximum atomic E-state index is 12.1. The summed E-state index contributed by atoms with van der Waals surface area (Å²) >= 11 is 5.60. The fraction of sp³-hybridized carbons (Fsp3) is 0.133. The first-order valence-corrected chi connectivity index (χ1v) is 7.20. The van der Waals surface area contributed by atoms with Crippen molar-refractivity contribution in [3.8, 4) is 0 Å². The lowest BCUT2D eigenvalue weighted by Crippen LogP contribution is -2.26. The van der Waals surface area contributed by atoms with Gasteiger partial charge in [-0.15, -0.1) is 0 Å². The van der Waals surface area contributed by atoms with E-state index < -0.39 is 0 Å². The fourth-order valence-corrected chi connectivity index (χ4v) is 2.25. The van der Waals surface area contributed by atoms with E-state index in [0.29, 0.717) is 16.5 Å². The Morgan fingerprint density at radius 3 is 2.61 bits per heavy atom. The van der Waals surface area contributed by atoms with Crippen LogP contribution >= 0.6 is 11.6 Å². The molecule has 0 unspecified atom stereocenters. The van der Waals surface area contributed by atoms with Crippen molar-refractivity contribution in [3.63, 3.8) is 0 Å². The number of aromatic amines is 1. The van der Waals surface area contributed by atoms with E-state index in [1.54, 1.807) is 36.7 Å². The van der Waals surface area contributed by atoms with Crippen LogP contribution in [0.2, 0.25) is 5.28 Å². The first-order valence-electron chi connectivity index (χ1n) is 6.83. The molecule has 0 radical (unpaired) electrons. The van der Waals surface area contributed by atoms with Crippen LogP contribution in [0.3, 0.4) is 0 Å². The zero-order valence-electron chi connectivity index (χ0n) is 11.9. The maximum absolute atomic E-state index is 12.1. The van der Waals surface area contributed by atoms with Gasteiger partial charge < -0.3 is 5.32 Å². The molecule has 7 nitrogen and oxygen atoms in total. The number of hydrogen-bond donors (Lipinski definition) is 2. The molecule has 116 valence electrons. The van der Waals surface area contributed by atoms with E-state index in [1.165, 1.54) is 0 Å². The summed E-state index contributed by atoms with van der Waals surface area (Å²) in [4.78, 5) is 31.5. The zero-order chi connectivity index (χ0) is 16.2. The Balaban J connectivity index is 1.72. The molecule has 8 heteroatoms. The third-order valence-corrected chi connectivity index (χ3v) is 3.46.